The first-order valence-electron chi connectivity index (χ1n) is 9.11. The van der Waals surface area contributed by atoms with E-state index < -0.39 is 0 Å². The molecule has 3 atom stereocenters. The van der Waals surface area contributed by atoms with Gasteiger partial charge in [0.1, 0.15) is 5.82 Å². The molecule has 2 aromatic carbocycles. The van der Waals surface area contributed by atoms with E-state index in [4.69, 9.17) is 0 Å². The smallest absolute Gasteiger partial charge is 0.225 e. The summed E-state index contributed by atoms with van der Waals surface area (Å²) in [7, 11) is 1.80. The van der Waals surface area contributed by atoms with Crippen molar-refractivity contribution in [3.05, 3.63) is 36.1 Å². The highest BCUT2D eigenvalue weighted by molar-refractivity contribution is 8.00. The predicted molar refractivity (Wildman–Crippen MR) is 105 cm³/mol. The van der Waals surface area contributed by atoms with Crippen molar-refractivity contribution < 1.29 is 14.0 Å². The fraction of sp³-hybridized carbons (Fsp3) is 0.400. The summed E-state index contributed by atoms with van der Waals surface area (Å²) in [5, 5.41) is 8.22. The van der Waals surface area contributed by atoms with Gasteiger partial charge in [0, 0.05) is 30.8 Å². The minimum atomic E-state index is -0.255. The molecule has 1 saturated carbocycles. The molecule has 27 heavy (non-hydrogen) atoms. The number of rotatable bonds is 3. The van der Waals surface area contributed by atoms with Crippen LogP contribution in [0.4, 0.5) is 10.1 Å². The maximum absolute atomic E-state index is 13.4. The Balaban J connectivity index is 1.42. The number of carbonyl (C=O) groups excluding carboxylic acids is 2. The van der Waals surface area contributed by atoms with E-state index in [-0.39, 0.29) is 35.1 Å². The zero-order valence-corrected chi connectivity index (χ0v) is 16.1. The van der Waals surface area contributed by atoms with Crippen LogP contribution >= 0.6 is 11.8 Å². The lowest BCUT2D eigenvalue weighted by Crippen LogP contribution is -2.40. The van der Waals surface area contributed by atoms with Crippen LogP contribution in [0.2, 0.25) is 0 Å². The summed E-state index contributed by atoms with van der Waals surface area (Å²) in [5.41, 5.74) is 0.706. The van der Waals surface area contributed by atoms with E-state index in [0.717, 1.165) is 34.2 Å². The number of nitrogens with zero attached hydrogens (tertiary/aromatic N) is 1. The highest BCUT2D eigenvalue weighted by Gasteiger charge is 2.34. The molecule has 1 unspecified atom stereocenters. The molecule has 2 amide bonds. The maximum Gasteiger partial charge on any atom is 0.225 e. The molecule has 0 radical (unpaired) electrons. The van der Waals surface area contributed by atoms with E-state index in [2.05, 4.69) is 10.6 Å². The van der Waals surface area contributed by atoms with Crippen molar-refractivity contribution in [2.45, 2.75) is 42.6 Å². The summed E-state index contributed by atoms with van der Waals surface area (Å²) in [5.74, 6) is -0.279. The summed E-state index contributed by atoms with van der Waals surface area (Å²) in [6.45, 7) is 1.56. The number of fused-ring (bicyclic) bond motifs is 3. The molecule has 0 bridgehead atoms. The standard InChI is InChI=1S/C20H22FN3O2S/c1-11(25)24(2)15-6-3-13(10-15)19(26)23-20-22-17-8-4-12-9-14(21)5-7-16(12)18(17)27-20/h4-5,7-9,13,15,20,22H,3,6,10H2,1-2H3,(H,23,26)/t13-,15+,20?/m0/s1. The fourth-order valence-corrected chi connectivity index (χ4v) is 5.08. The van der Waals surface area contributed by atoms with Crippen LogP contribution in [0.3, 0.4) is 0 Å². The molecule has 7 heteroatoms. The molecule has 0 aromatic heterocycles. The number of carbonyl (C=O) groups is 2. The van der Waals surface area contributed by atoms with Crippen LogP contribution in [-0.2, 0) is 9.59 Å². The first-order valence-corrected chi connectivity index (χ1v) is 9.99. The molecule has 1 aliphatic heterocycles. The first kappa shape index (κ1) is 18.1. The molecule has 0 spiro atoms. The van der Waals surface area contributed by atoms with Crippen LogP contribution in [0.5, 0.6) is 0 Å². The van der Waals surface area contributed by atoms with E-state index in [1.165, 1.54) is 12.1 Å². The lowest BCUT2D eigenvalue weighted by atomic mass is 10.1. The first-order chi connectivity index (χ1) is 12.9. The van der Waals surface area contributed by atoms with E-state index in [1.807, 2.05) is 12.1 Å². The highest BCUT2D eigenvalue weighted by Crippen LogP contribution is 2.42. The Morgan fingerprint density at radius 3 is 2.85 bits per heavy atom. The third-order valence-corrected chi connectivity index (χ3v) is 6.70. The molecular formula is C20H22FN3O2S. The monoisotopic (exact) mass is 387 g/mol. The predicted octanol–water partition coefficient (Wildman–Crippen LogP) is 3.54. The average molecular weight is 387 g/mol. The van der Waals surface area contributed by atoms with Gasteiger partial charge in [-0.25, -0.2) is 4.39 Å². The number of amides is 2. The van der Waals surface area contributed by atoms with E-state index in [0.29, 0.717) is 6.42 Å². The number of hydrogen-bond acceptors (Lipinski definition) is 4. The Labute approximate surface area is 161 Å². The van der Waals surface area contributed by atoms with Crippen LogP contribution in [0.25, 0.3) is 10.8 Å². The summed E-state index contributed by atoms with van der Waals surface area (Å²) in [6.07, 6.45) is 2.35. The van der Waals surface area contributed by atoms with Gasteiger partial charge in [0.15, 0.2) is 5.50 Å². The maximum atomic E-state index is 13.4. The SMILES string of the molecule is CC(=O)N(C)[C@@H]1CC[C@H](C(=O)NC2Nc3ccc4cc(F)ccc4c3S2)C1. The van der Waals surface area contributed by atoms with Gasteiger partial charge in [0.25, 0.3) is 0 Å². The van der Waals surface area contributed by atoms with Gasteiger partial charge in [-0.05, 0) is 48.2 Å². The Morgan fingerprint density at radius 2 is 2.07 bits per heavy atom. The number of thioether (sulfide) groups is 1. The molecule has 142 valence electrons. The van der Waals surface area contributed by atoms with Gasteiger partial charge in [-0.1, -0.05) is 23.9 Å². The molecule has 4 rings (SSSR count). The second kappa shape index (κ2) is 7.03. The summed E-state index contributed by atoms with van der Waals surface area (Å²) >= 11 is 1.54. The normalized spacial score (nSPS) is 23.7. The Morgan fingerprint density at radius 1 is 1.26 bits per heavy atom. The Kier molecular flexibility index (Phi) is 4.72. The molecule has 2 aliphatic rings. The molecule has 1 aliphatic carbocycles. The van der Waals surface area contributed by atoms with Crippen LogP contribution in [-0.4, -0.2) is 35.3 Å². The number of anilines is 1. The van der Waals surface area contributed by atoms with E-state index in [9.17, 15) is 14.0 Å². The second-order valence-corrected chi connectivity index (χ2v) is 8.37. The Bertz CT molecular complexity index is 919. The largest absolute Gasteiger partial charge is 0.356 e. The lowest BCUT2D eigenvalue weighted by Gasteiger charge is -2.23. The Hall–Kier alpha value is -2.28. The minimum Gasteiger partial charge on any atom is -0.356 e. The van der Waals surface area contributed by atoms with Crippen molar-refractivity contribution in [1.82, 2.24) is 10.2 Å². The summed E-state index contributed by atoms with van der Waals surface area (Å²) in [6, 6.07) is 8.70. The van der Waals surface area contributed by atoms with Gasteiger partial charge < -0.3 is 15.5 Å². The second-order valence-electron chi connectivity index (χ2n) is 7.25. The zero-order valence-electron chi connectivity index (χ0n) is 15.3. The molecule has 1 heterocycles. The summed E-state index contributed by atoms with van der Waals surface area (Å²) < 4.78 is 13.4. The van der Waals surface area contributed by atoms with E-state index >= 15 is 0 Å². The molecule has 0 saturated heterocycles. The number of benzene rings is 2. The zero-order chi connectivity index (χ0) is 19.1. The highest BCUT2D eigenvalue weighted by atomic mass is 32.2. The van der Waals surface area contributed by atoms with Crippen molar-refractivity contribution in [3.8, 4) is 0 Å². The quantitative estimate of drug-likeness (QED) is 0.846. The summed E-state index contributed by atoms with van der Waals surface area (Å²) in [4.78, 5) is 27.0. The van der Waals surface area contributed by atoms with Gasteiger partial charge in [0.05, 0.1) is 5.69 Å². The van der Waals surface area contributed by atoms with Crippen LogP contribution < -0.4 is 10.6 Å². The number of halogens is 1. The van der Waals surface area contributed by atoms with Crippen LogP contribution in [0, 0.1) is 11.7 Å². The van der Waals surface area contributed by atoms with Gasteiger partial charge in [-0.3, -0.25) is 9.59 Å². The minimum absolute atomic E-state index is 0.0163. The lowest BCUT2D eigenvalue weighted by molar-refractivity contribution is -0.130. The molecule has 2 aromatic rings. The molecular weight excluding hydrogens is 365 g/mol. The topological polar surface area (TPSA) is 61.4 Å². The molecule has 2 N–H and O–H groups in total. The van der Waals surface area contributed by atoms with Gasteiger partial charge in [0.2, 0.25) is 11.8 Å². The molecule has 5 nitrogen and oxygen atoms in total. The van der Waals surface area contributed by atoms with E-state index in [1.54, 1.807) is 36.7 Å². The average Bonchev–Trinajstić information content (AvgIpc) is 3.27. The molecule has 1 fully saturated rings. The van der Waals surface area contributed by atoms with Crippen molar-refractivity contribution in [2.24, 2.45) is 5.92 Å². The van der Waals surface area contributed by atoms with Crippen molar-refractivity contribution in [1.29, 1.82) is 0 Å². The third kappa shape index (κ3) is 3.48. The third-order valence-electron chi connectivity index (χ3n) is 5.55. The number of nitrogens with one attached hydrogen (secondary N) is 2. The van der Waals surface area contributed by atoms with Gasteiger partial charge >= 0.3 is 0 Å². The van der Waals surface area contributed by atoms with Crippen LogP contribution in [0.1, 0.15) is 26.2 Å². The van der Waals surface area contributed by atoms with Crippen molar-refractivity contribution in [2.75, 3.05) is 12.4 Å². The van der Waals surface area contributed by atoms with Crippen molar-refractivity contribution in [3.63, 3.8) is 0 Å². The number of hydrogen-bond donors (Lipinski definition) is 2. The fourth-order valence-electron chi connectivity index (χ4n) is 3.92. The van der Waals surface area contributed by atoms with Gasteiger partial charge in [-0.15, -0.1) is 0 Å². The van der Waals surface area contributed by atoms with Crippen molar-refractivity contribution >= 4 is 40.0 Å². The van der Waals surface area contributed by atoms with Crippen LogP contribution in [0.15, 0.2) is 35.2 Å². The van der Waals surface area contributed by atoms with Gasteiger partial charge in [-0.2, -0.15) is 0 Å².